The fourth-order valence-corrected chi connectivity index (χ4v) is 4.46. The van der Waals surface area contributed by atoms with E-state index in [2.05, 4.69) is 11.2 Å². The van der Waals surface area contributed by atoms with Crippen LogP contribution in [0.5, 0.6) is 5.88 Å². The molecule has 1 amide bonds. The zero-order chi connectivity index (χ0) is 27.1. The number of ether oxygens (including phenoxy) is 2. The Bertz CT molecular complexity index is 1290. The number of carbonyl (C=O) groups is 1. The normalized spacial score (nSPS) is 13.8. The molecule has 38 heavy (non-hydrogen) atoms. The Morgan fingerprint density at radius 3 is 2.50 bits per heavy atom. The lowest BCUT2D eigenvalue weighted by Gasteiger charge is -2.26. The SMILES string of the molecule is CCCc1nn(CC(F)(F)F)c(OCC(=O)N2CCOCC2)c1Cc1ccc(-c2ccccc2C#N)cc1. The molecule has 1 fully saturated rings. The Balaban J connectivity index is 1.62. The second-order valence-electron chi connectivity index (χ2n) is 9.07. The van der Waals surface area contributed by atoms with Gasteiger partial charge in [0.2, 0.25) is 5.88 Å². The third-order valence-electron chi connectivity index (χ3n) is 6.29. The molecule has 2 heterocycles. The second-order valence-corrected chi connectivity index (χ2v) is 9.07. The highest BCUT2D eigenvalue weighted by molar-refractivity contribution is 5.78. The average Bonchev–Trinajstić information content (AvgIpc) is 3.22. The molecule has 0 spiro atoms. The molecule has 0 N–H and O–H groups in total. The molecule has 1 saturated heterocycles. The fourth-order valence-electron chi connectivity index (χ4n) is 4.46. The molecular weight excluding hydrogens is 497 g/mol. The maximum absolute atomic E-state index is 13.4. The zero-order valence-corrected chi connectivity index (χ0v) is 21.1. The van der Waals surface area contributed by atoms with E-state index in [0.29, 0.717) is 56.0 Å². The predicted octanol–water partition coefficient (Wildman–Crippen LogP) is 4.76. The summed E-state index contributed by atoms with van der Waals surface area (Å²) in [6.45, 7) is 1.90. The van der Waals surface area contributed by atoms with Crippen molar-refractivity contribution in [1.29, 1.82) is 5.26 Å². The van der Waals surface area contributed by atoms with Gasteiger partial charge < -0.3 is 14.4 Å². The zero-order valence-electron chi connectivity index (χ0n) is 21.1. The van der Waals surface area contributed by atoms with Crippen LogP contribution < -0.4 is 4.74 Å². The summed E-state index contributed by atoms with van der Waals surface area (Å²) < 4.78 is 52.1. The number of nitriles is 1. The molecule has 0 aliphatic carbocycles. The summed E-state index contributed by atoms with van der Waals surface area (Å²) in [6, 6.07) is 17.0. The van der Waals surface area contributed by atoms with E-state index in [1.807, 2.05) is 43.3 Å². The number of rotatable bonds is 9. The van der Waals surface area contributed by atoms with E-state index in [1.165, 1.54) is 0 Å². The first kappa shape index (κ1) is 27.2. The van der Waals surface area contributed by atoms with E-state index >= 15 is 0 Å². The first-order chi connectivity index (χ1) is 18.3. The Morgan fingerprint density at radius 1 is 1.13 bits per heavy atom. The van der Waals surface area contributed by atoms with Gasteiger partial charge in [0.1, 0.15) is 6.54 Å². The second kappa shape index (κ2) is 12.1. The van der Waals surface area contributed by atoms with Crippen LogP contribution >= 0.6 is 0 Å². The molecule has 2 aromatic carbocycles. The molecule has 4 rings (SSSR count). The molecule has 0 bridgehead atoms. The Labute approximate surface area is 219 Å². The van der Waals surface area contributed by atoms with Gasteiger partial charge in [-0.3, -0.25) is 4.79 Å². The maximum Gasteiger partial charge on any atom is 0.408 e. The number of aryl methyl sites for hydroxylation is 1. The number of amides is 1. The highest BCUT2D eigenvalue weighted by Gasteiger charge is 2.32. The van der Waals surface area contributed by atoms with E-state index in [1.54, 1.807) is 17.0 Å². The summed E-state index contributed by atoms with van der Waals surface area (Å²) in [4.78, 5) is 14.2. The summed E-state index contributed by atoms with van der Waals surface area (Å²) in [5.41, 5.74) is 4.12. The van der Waals surface area contributed by atoms with Crippen LogP contribution in [0.1, 0.15) is 35.7 Å². The van der Waals surface area contributed by atoms with E-state index in [4.69, 9.17) is 9.47 Å². The van der Waals surface area contributed by atoms with Crippen LogP contribution in [0.2, 0.25) is 0 Å². The number of hydrogen-bond donors (Lipinski definition) is 0. The molecule has 1 aliphatic heterocycles. The number of morpholine rings is 1. The van der Waals surface area contributed by atoms with Gasteiger partial charge in [-0.1, -0.05) is 55.8 Å². The van der Waals surface area contributed by atoms with Crippen molar-refractivity contribution < 1.29 is 27.4 Å². The number of benzene rings is 2. The van der Waals surface area contributed by atoms with Crippen molar-refractivity contribution in [3.05, 3.63) is 70.9 Å². The van der Waals surface area contributed by atoms with E-state index in [-0.39, 0.29) is 24.8 Å². The minimum atomic E-state index is -4.51. The standard InChI is InChI=1S/C28H29F3N4O3/c1-2-5-25-24(16-20-8-10-21(11-9-20)23-7-4-3-6-22(23)17-32)27(35(33-25)19-28(29,30)31)38-18-26(36)34-12-14-37-15-13-34/h3-4,6-11H,2,5,12-16,18-19H2,1H3. The van der Waals surface area contributed by atoms with Gasteiger partial charge in [0.15, 0.2) is 6.61 Å². The minimum absolute atomic E-state index is 0.0358. The van der Waals surface area contributed by atoms with Gasteiger partial charge >= 0.3 is 6.18 Å². The largest absolute Gasteiger partial charge is 0.468 e. The topological polar surface area (TPSA) is 80.4 Å². The molecule has 10 heteroatoms. The number of aromatic nitrogens is 2. The summed E-state index contributed by atoms with van der Waals surface area (Å²) in [5.74, 6) is -0.345. The number of carbonyl (C=O) groups excluding carboxylic acids is 1. The Morgan fingerprint density at radius 2 is 1.84 bits per heavy atom. The van der Waals surface area contributed by atoms with Gasteiger partial charge in [-0.2, -0.15) is 23.5 Å². The molecule has 3 aromatic rings. The van der Waals surface area contributed by atoms with Crippen molar-refractivity contribution in [3.63, 3.8) is 0 Å². The van der Waals surface area contributed by atoms with Crippen molar-refractivity contribution >= 4 is 5.91 Å². The van der Waals surface area contributed by atoms with Crippen LogP contribution in [0.15, 0.2) is 48.5 Å². The van der Waals surface area contributed by atoms with E-state index < -0.39 is 12.7 Å². The maximum atomic E-state index is 13.4. The first-order valence-electron chi connectivity index (χ1n) is 12.5. The molecular formula is C28H29F3N4O3. The smallest absolute Gasteiger partial charge is 0.408 e. The van der Waals surface area contributed by atoms with Crippen LogP contribution in [0.4, 0.5) is 13.2 Å². The summed E-state index contributed by atoms with van der Waals surface area (Å²) in [7, 11) is 0. The molecule has 0 saturated carbocycles. The third-order valence-corrected chi connectivity index (χ3v) is 6.29. The number of halogens is 3. The minimum Gasteiger partial charge on any atom is -0.468 e. The molecule has 1 aliphatic rings. The summed E-state index contributed by atoms with van der Waals surface area (Å²) in [6.07, 6.45) is -3.06. The molecule has 0 radical (unpaired) electrons. The van der Waals surface area contributed by atoms with E-state index in [0.717, 1.165) is 21.4 Å². The average molecular weight is 527 g/mol. The lowest BCUT2D eigenvalue weighted by Crippen LogP contribution is -2.43. The monoisotopic (exact) mass is 526 g/mol. The van der Waals surface area contributed by atoms with Crippen LogP contribution in [0.25, 0.3) is 11.1 Å². The first-order valence-corrected chi connectivity index (χ1v) is 12.5. The summed E-state index contributed by atoms with van der Waals surface area (Å²) in [5, 5.41) is 13.7. The molecule has 0 unspecified atom stereocenters. The van der Waals surface area contributed by atoms with E-state index in [9.17, 15) is 23.2 Å². The highest BCUT2D eigenvalue weighted by atomic mass is 19.4. The van der Waals surface area contributed by atoms with Gasteiger partial charge in [0.05, 0.1) is 30.5 Å². The molecule has 0 atom stereocenters. The summed E-state index contributed by atoms with van der Waals surface area (Å²) >= 11 is 0. The molecule has 1 aromatic heterocycles. The van der Waals surface area contributed by atoms with Crippen LogP contribution in [-0.2, 0) is 28.9 Å². The van der Waals surface area contributed by atoms with Crippen molar-refractivity contribution in [2.75, 3.05) is 32.9 Å². The van der Waals surface area contributed by atoms with Crippen LogP contribution in [0.3, 0.4) is 0 Å². The van der Waals surface area contributed by atoms with Gasteiger partial charge in [-0.25, -0.2) is 4.68 Å². The van der Waals surface area contributed by atoms with Crippen molar-refractivity contribution in [1.82, 2.24) is 14.7 Å². The quantitative estimate of drug-likeness (QED) is 0.402. The lowest BCUT2D eigenvalue weighted by molar-refractivity contribution is -0.144. The van der Waals surface area contributed by atoms with Crippen molar-refractivity contribution in [2.45, 2.75) is 38.9 Å². The fraction of sp³-hybridized carbons (Fsp3) is 0.393. The highest BCUT2D eigenvalue weighted by Crippen LogP contribution is 2.31. The van der Waals surface area contributed by atoms with Crippen molar-refractivity contribution in [3.8, 4) is 23.1 Å². The molecule has 7 nitrogen and oxygen atoms in total. The van der Waals surface area contributed by atoms with Crippen LogP contribution in [0, 0.1) is 11.3 Å². The van der Waals surface area contributed by atoms with Gasteiger partial charge in [-0.15, -0.1) is 0 Å². The van der Waals surface area contributed by atoms with Gasteiger partial charge in [0.25, 0.3) is 5.91 Å². The number of alkyl halides is 3. The van der Waals surface area contributed by atoms with Gasteiger partial charge in [0, 0.05) is 25.1 Å². The predicted molar refractivity (Wildman–Crippen MR) is 135 cm³/mol. The molecule has 200 valence electrons. The van der Waals surface area contributed by atoms with Crippen molar-refractivity contribution in [2.24, 2.45) is 0 Å². The Hall–Kier alpha value is -3.84. The number of hydrogen-bond acceptors (Lipinski definition) is 5. The van der Waals surface area contributed by atoms with Gasteiger partial charge in [-0.05, 0) is 29.2 Å². The Kier molecular flexibility index (Phi) is 8.69. The third kappa shape index (κ3) is 6.72. The van der Waals surface area contributed by atoms with Crippen LogP contribution in [-0.4, -0.2) is 59.7 Å². The lowest BCUT2D eigenvalue weighted by atomic mass is 9.97. The number of nitrogens with zero attached hydrogens (tertiary/aromatic N) is 4.